The van der Waals surface area contributed by atoms with Gasteiger partial charge in [0.25, 0.3) is 0 Å². The van der Waals surface area contributed by atoms with Crippen LogP contribution in [0.4, 0.5) is 0 Å². The van der Waals surface area contributed by atoms with Crippen molar-refractivity contribution >= 4 is 35.0 Å². The van der Waals surface area contributed by atoms with E-state index in [0.29, 0.717) is 21.4 Å². The number of carbonyl (C=O) groups is 2. The van der Waals surface area contributed by atoms with Gasteiger partial charge in [-0.15, -0.1) is 0 Å². The molecule has 114 valence electrons. The van der Waals surface area contributed by atoms with E-state index in [-0.39, 0.29) is 18.1 Å². The van der Waals surface area contributed by atoms with Gasteiger partial charge in [0.2, 0.25) is 0 Å². The van der Waals surface area contributed by atoms with E-state index in [9.17, 15) is 9.59 Å². The van der Waals surface area contributed by atoms with E-state index in [1.807, 2.05) is 0 Å². The zero-order chi connectivity index (χ0) is 16.1. The van der Waals surface area contributed by atoms with E-state index in [1.165, 1.54) is 13.0 Å². The monoisotopic (exact) mass is 338 g/mol. The highest BCUT2D eigenvalue weighted by molar-refractivity contribution is 6.35. The summed E-state index contributed by atoms with van der Waals surface area (Å²) >= 11 is 11.7. The molecule has 0 aliphatic carbocycles. The molecule has 0 aliphatic heterocycles. The molecule has 0 heterocycles. The SMILES string of the molecule is CC(=O)c1ccccc1OC(=O)COc1ccc(Cl)cc1Cl. The fraction of sp³-hybridized carbons (Fsp3) is 0.125. The van der Waals surface area contributed by atoms with Gasteiger partial charge in [0.15, 0.2) is 12.4 Å². The van der Waals surface area contributed by atoms with Crippen LogP contribution in [0.3, 0.4) is 0 Å². The number of para-hydroxylation sites is 1. The van der Waals surface area contributed by atoms with Crippen molar-refractivity contribution in [3.05, 3.63) is 58.1 Å². The van der Waals surface area contributed by atoms with Gasteiger partial charge in [-0.25, -0.2) is 4.79 Å². The highest BCUT2D eigenvalue weighted by atomic mass is 35.5. The van der Waals surface area contributed by atoms with Crippen LogP contribution >= 0.6 is 23.2 Å². The number of benzene rings is 2. The summed E-state index contributed by atoms with van der Waals surface area (Å²) in [5.74, 6) is -0.307. The molecule has 0 fully saturated rings. The zero-order valence-electron chi connectivity index (χ0n) is 11.6. The van der Waals surface area contributed by atoms with Gasteiger partial charge in [-0.1, -0.05) is 35.3 Å². The molecule has 22 heavy (non-hydrogen) atoms. The molecule has 0 spiro atoms. The number of carbonyl (C=O) groups excluding carboxylic acids is 2. The smallest absolute Gasteiger partial charge is 0.349 e. The van der Waals surface area contributed by atoms with Crippen molar-refractivity contribution in [3.8, 4) is 11.5 Å². The summed E-state index contributed by atoms with van der Waals surface area (Å²) in [4.78, 5) is 23.3. The molecule has 2 aromatic rings. The quantitative estimate of drug-likeness (QED) is 0.466. The van der Waals surface area contributed by atoms with Crippen molar-refractivity contribution in [3.63, 3.8) is 0 Å². The number of halogens is 2. The van der Waals surface area contributed by atoms with Gasteiger partial charge in [0.1, 0.15) is 11.5 Å². The molecule has 0 saturated heterocycles. The molecule has 0 unspecified atom stereocenters. The van der Waals surface area contributed by atoms with E-state index in [4.69, 9.17) is 32.7 Å². The van der Waals surface area contributed by atoms with Crippen molar-refractivity contribution in [1.82, 2.24) is 0 Å². The van der Waals surface area contributed by atoms with Gasteiger partial charge >= 0.3 is 5.97 Å². The van der Waals surface area contributed by atoms with E-state index >= 15 is 0 Å². The average molecular weight is 339 g/mol. The Labute approximate surface area is 137 Å². The predicted molar refractivity (Wildman–Crippen MR) is 84.0 cm³/mol. The fourth-order valence-electron chi connectivity index (χ4n) is 1.73. The Balaban J connectivity index is 2.00. The lowest BCUT2D eigenvalue weighted by Gasteiger charge is -2.10. The molecule has 0 amide bonds. The van der Waals surface area contributed by atoms with Gasteiger partial charge in [-0.3, -0.25) is 4.79 Å². The highest BCUT2D eigenvalue weighted by Crippen LogP contribution is 2.27. The van der Waals surface area contributed by atoms with Crippen LogP contribution in [0.5, 0.6) is 11.5 Å². The molecule has 0 aliphatic rings. The summed E-state index contributed by atoms with van der Waals surface area (Å²) < 4.78 is 10.4. The molecule has 0 radical (unpaired) electrons. The lowest BCUT2D eigenvalue weighted by Crippen LogP contribution is -2.18. The van der Waals surface area contributed by atoms with Crippen molar-refractivity contribution in [2.75, 3.05) is 6.61 Å². The molecule has 0 aromatic heterocycles. The maximum Gasteiger partial charge on any atom is 0.349 e. The maximum absolute atomic E-state index is 11.8. The van der Waals surface area contributed by atoms with E-state index in [1.54, 1.807) is 36.4 Å². The van der Waals surface area contributed by atoms with Crippen LogP contribution in [0.15, 0.2) is 42.5 Å². The predicted octanol–water partition coefficient (Wildman–Crippen LogP) is 4.18. The summed E-state index contributed by atoms with van der Waals surface area (Å²) in [6, 6.07) is 11.2. The summed E-state index contributed by atoms with van der Waals surface area (Å²) in [5.41, 5.74) is 0.334. The molecule has 0 N–H and O–H groups in total. The van der Waals surface area contributed by atoms with E-state index < -0.39 is 5.97 Å². The Bertz CT molecular complexity index is 713. The Morgan fingerprint density at radius 3 is 2.45 bits per heavy atom. The van der Waals surface area contributed by atoms with Crippen LogP contribution in [0.1, 0.15) is 17.3 Å². The molecule has 0 bridgehead atoms. The second kappa shape index (κ2) is 7.29. The second-order valence-corrected chi connectivity index (χ2v) is 5.23. The van der Waals surface area contributed by atoms with E-state index in [0.717, 1.165) is 0 Å². The van der Waals surface area contributed by atoms with Crippen LogP contribution in [0, 0.1) is 0 Å². The molecule has 0 atom stereocenters. The minimum Gasteiger partial charge on any atom is -0.480 e. The summed E-state index contributed by atoms with van der Waals surface area (Å²) in [6.45, 7) is 1.06. The van der Waals surface area contributed by atoms with Crippen LogP contribution in [-0.4, -0.2) is 18.4 Å². The molecule has 4 nitrogen and oxygen atoms in total. The average Bonchev–Trinajstić information content (AvgIpc) is 2.46. The van der Waals surface area contributed by atoms with Crippen molar-refractivity contribution < 1.29 is 19.1 Å². The minimum absolute atomic E-state index is 0.190. The third-order valence-corrected chi connectivity index (χ3v) is 3.26. The molecular weight excluding hydrogens is 327 g/mol. The number of rotatable bonds is 5. The first kappa shape index (κ1) is 16.3. The summed E-state index contributed by atoms with van der Waals surface area (Å²) in [5, 5.41) is 0.764. The first-order chi connectivity index (χ1) is 10.5. The van der Waals surface area contributed by atoms with Crippen molar-refractivity contribution in [2.24, 2.45) is 0 Å². The van der Waals surface area contributed by atoms with Crippen molar-refractivity contribution in [1.29, 1.82) is 0 Å². The number of esters is 1. The lowest BCUT2D eigenvalue weighted by molar-refractivity contribution is -0.136. The Kier molecular flexibility index (Phi) is 5.41. The molecule has 6 heteroatoms. The normalized spacial score (nSPS) is 10.1. The number of ketones is 1. The van der Waals surface area contributed by atoms with Crippen LogP contribution in [0.25, 0.3) is 0 Å². The third kappa shape index (κ3) is 4.23. The first-order valence-corrected chi connectivity index (χ1v) is 7.11. The van der Waals surface area contributed by atoms with Crippen molar-refractivity contribution in [2.45, 2.75) is 6.92 Å². The van der Waals surface area contributed by atoms with Crippen LogP contribution < -0.4 is 9.47 Å². The van der Waals surface area contributed by atoms with Gasteiger partial charge < -0.3 is 9.47 Å². The number of ether oxygens (including phenoxy) is 2. The highest BCUT2D eigenvalue weighted by Gasteiger charge is 2.13. The third-order valence-electron chi connectivity index (χ3n) is 2.73. The van der Waals surface area contributed by atoms with Gasteiger partial charge in [0.05, 0.1) is 10.6 Å². The number of hydrogen-bond acceptors (Lipinski definition) is 4. The lowest BCUT2D eigenvalue weighted by atomic mass is 10.1. The molecule has 2 aromatic carbocycles. The summed E-state index contributed by atoms with van der Waals surface area (Å²) in [6.07, 6.45) is 0. The standard InChI is InChI=1S/C16H12Cl2O4/c1-10(19)12-4-2-3-5-14(12)22-16(20)9-21-15-7-6-11(17)8-13(15)18/h2-8H,9H2,1H3. The topological polar surface area (TPSA) is 52.6 Å². The zero-order valence-corrected chi connectivity index (χ0v) is 13.1. The van der Waals surface area contributed by atoms with Gasteiger partial charge in [-0.2, -0.15) is 0 Å². The van der Waals surface area contributed by atoms with E-state index in [2.05, 4.69) is 0 Å². The first-order valence-electron chi connectivity index (χ1n) is 6.36. The van der Waals surface area contributed by atoms with Crippen LogP contribution in [0.2, 0.25) is 10.0 Å². The summed E-state index contributed by atoms with van der Waals surface area (Å²) in [7, 11) is 0. The molecule has 2 rings (SSSR count). The Morgan fingerprint density at radius 1 is 1.05 bits per heavy atom. The number of hydrogen-bond donors (Lipinski definition) is 0. The molecular formula is C16H12Cl2O4. The fourth-order valence-corrected chi connectivity index (χ4v) is 2.19. The van der Waals surface area contributed by atoms with Gasteiger partial charge in [-0.05, 0) is 37.3 Å². The molecule has 0 saturated carbocycles. The maximum atomic E-state index is 11.8. The van der Waals surface area contributed by atoms with Gasteiger partial charge in [0, 0.05) is 5.02 Å². The number of Topliss-reactive ketones (excluding diaryl/α,β-unsaturated/α-hetero) is 1. The second-order valence-electron chi connectivity index (χ2n) is 4.39. The largest absolute Gasteiger partial charge is 0.480 e. The van der Waals surface area contributed by atoms with Crippen LogP contribution in [-0.2, 0) is 4.79 Å². The minimum atomic E-state index is -0.639. The Morgan fingerprint density at radius 2 is 1.77 bits per heavy atom. The Hall–Kier alpha value is -2.04.